The summed E-state index contributed by atoms with van der Waals surface area (Å²) in [6, 6.07) is 3.23. The molecule has 3 atom stereocenters. The summed E-state index contributed by atoms with van der Waals surface area (Å²) in [5.74, 6) is -2.42. The van der Waals surface area contributed by atoms with Crippen molar-refractivity contribution in [1.82, 2.24) is 4.90 Å². The first-order valence-corrected chi connectivity index (χ1v) is 9.59. The lowest BCUT2D eigenvalue weighted by Gasteiger charge is -2.39. The van der Waals surface area contributed by atoms with Crippen molar-refractivity contribution in [2.45, 2.75) is 69.3 Å². The highest BCUT2D eigenvalue weighted by molar-refractivity contribution is 5.29. The van der Waals surface area contributed by atoms with Crippen molar-refractivity contribution in [3.8, 4) is 5.75 Å². The predicted octanol–water partition coefficient (Wildman–Crippen LogP) is 5.77. The summed E-state index contributed by atoms with van der Waals surface area (Å²) in [7, 11) is 0. The fraction of sp³-hybridized carbons (Fsp3) is 0.684. The first-order valence-electron chi connectivity index (χ1n) is 9.59. The first kappa shape index (κ1) is 26.5. The number of nitrogens with zero attached hydrogens (tertiary/aromatic N) is 1. The lowest BCUT2D eigenvalue weighted by atomic mass is 9.84. The van der Waals surface area contributed by atoms with E-state index >= 15 is 0 Å². The Hall–Kier alpha value is -1.76. The average molecular weight is 485 g/mol. The third-order valence-electron chi connectivity index (χ3n) is 5.20. The van der Waals surface area contributed by atoms with Gasteiger partial charge < -0.3 is 9.84 Å². The molecule has 1 saturated carbocycles. The Balaban J connectivity index is 2.24. The van der Waals surface area contributed by atoms with Crippen LogP contribution < -0.4 is 4.74 Å². The number of ether oxygens (including phenoxy) is 1. The van der Waals surface area contributed by atoms with Gasteiger partial charge in [0.2, 0.25) is 0 Å². The minimum atomic E-state index is -5.03. The highest BCUT2D eigenvalue weighted by Crippen LogP contribution is 2.40. The van der Waals surface area contributed by atoms with Crippen LogP contribution >= 0.6 is 0 Å². The number of aliphatic hydroxyl groups excluding tert-OH is 1. The topological polar surface area (TPSA) is 32.7 Å². The molecule has 13 heteroatoms. The van der Waals surface area contributed by atoms with Gasteiger partial charge in [-0.3, -0.25) is 4.90 Å². The smallest absolute Gasteiger partial charge is 0.428 e. The molecule has 1 fully saturated rings. The summed E-state index contributed by atoms with van der Waals surface area (Å²) in [5, 5.41) is 9.46. The predicted molar refractivity (Wildman–Crippen MR) is 92.3 cm³/mol. The molecule has 2 rings (SSSR count). The number of hydrogen-bond donors (Lipinski definition) is 1. The third kappa shape index (κ3) is 7.39. The normalized spacial score (nSPS) is 21.8. The lowest BCUT2D eigenvalue weighted by Crippen LogP contribution is -2.47. The highest BCUT2D eigenvalue weighted by atomic mass is 19.4. The maximum absolute atomic E-state index is 13.1. The summed E-state index contributed by atoms with van der Waals surface area (Å²) in [4.78, 5) is 1.00. The summed E-state index contributed by atoms with van der Waals surface area (Å²) in [5.41, 5.74) is 0.0380. The molecule has 1 aliphatic carbocycles. The number of rotatable bonds is 8. The van der Waals surface area contributed by atoms with E-state index in [0.29, 0.717) is 0 Å². The number of alkyl halides is 10. The zero-order valence-corrected chi connectivity index (χ0v) is 16.4. The Kier molecular flexibility index (Phi) is 8.30. The van der Waals surface area contributed by atoms with Crippen molar-refractivity contribution in [2.75, 3.05) is 6.54 Å². The second-order valence-electron chi connectivity index (χ2n) is 7.66. The quantitative estimate of drug-likeness (QED) is 0.475. The van der Waals surface area contributed by atoms with Crippen LogP contribution in [-0.2, 0) is 6.54 Å². The standard InChI is InChI=1S/C19H21F10NO2/c20-16(21)19(28,29)32-14-6-1-3-11(7-14)9-30(10-15(31)18(25,26)27)13-5-2-4-12(8-13)17(22,23)24/h1,3,6-7,12-13,15-16,31H,2,4-5,8-10H2. The Morgan fingerprint density at radius 3 is 2.25 bits per heavy atom. The van der Waals surface area contributed by atoms with Gasteiger partial charge in [0.15, 0.2) is 6.10 Å². The van der Waals surface area contributed by atoms with Crippen LogP contribution in [0.25, 0.3) is 0 Å². The van der Waals surface area contributed by atoms with Crippen LogP contribution in [0.5, 0.6) is 5.75 Å². The van der Waals surface area contributed by atoms with Crippen molar-refractivity contribution >= 4 is 0 Å². The minimum absolute atomic E-state index is 0.0380. The molecule has 3 unspecified atom stereocenters. The molecule has 0 bridgehead atoms. The molecule has 184 valence electrons. The van der Waals surface area contributed by atoms with Gasteiger partial charge in [0.1, 0.15) is 5.75 Å². The minimum Gasteiger partial charge on any atom is -0.428 e. The van der Waals surface area contributed by atoms with E-state index in [1.54, 1.807) is 0 Å². The van der Waals surface area contributed by atoms with Gasteiger partial charge in [0.05, 0.1) is 5.92 Å². The van der Waals surface area contributed by atoms with Gasteiger partial charge in [-0.25, -0.2) is 0 Å². The fourth-order valence-electron chi connectivity index (χ4n) is 3.60. The highest BCUT2D eigenvalue weighted by Gasteiger charge is 2.46. The molecule has 0 spiro atoms. The van der Waals surface area contributed by atoms with Gasteiger partial charge >= 0.3 is 24.9 Å². The molecule has 1 aromatic carbocycles. The Labute approximate surface area is 176 Å². The van der Waals surface area contributed by atoms with Crippen molar-refractivity contribution in [2.24, 2.45) is 5.92 Å². The number of aliphatic hydroxyl groups is 1. The Morgan fingerprint density at radius 2 is 1.69 bits per heavy atom. The largest absolute Gasteiger partial charge is 0.461 e. The van der Waals surface area contributed by atoms with Crippen LogP contribution in [0.1, 0.15) is 31.2 Å². The molecule has 0 aromatic heterocycles. The molecule has 1 aliphatic rings. The third-order valence-corrected chi connectivity index (χ3v) is 5.20. The summed E-state index contributed by atoms with van der Waals surface area (Å²) >= 11 is 0. The van der Waals surface area contributed by atoms with Crippen LogP contribution in [-0.4, -0.2) is 53.6 Å². The van der Waals surface area contributed by atoms with E-state index in [9.17, 15) is 49.0 Å². The van der Waals surface area contributed by atoms with Crippen LogP contribution in [0.3, 0.4) is 0 Å². The van der Waals surface area contributed by atoms with Gasteiger partial charge in [0, 0.05) is 19.1 Å². The van der Waals surface area contributed by atoms with E-state index in [-0.39, 0.29) is 24.8 Å². The van der Waals surface area contributed by atoms with Gasteiger partial charge in [0.25, 0.3) is 0 Å². The van der Waals surface area contributed by atoms with Crippen LogP contribution in [0.2, 0.25) is 0 Å². The second kappa shape index (κ2) is 10.0. The molecule has 1 N–H and O–H groups in total. The molecule has 0 aliphatic heterocycles. The van der Waals surface area contributed by atoms with Gasteiger partial charge in [-0.1, -0.05) is 18.6 Å². The van der Waals surface area contributed by atoms with E-state index in [0.717, 1.165) is 23.1 Å². The molecular formula is C19H21F10NO2. The van der Waals surface area contributed by atoms with Crippen LogP contribution in [0, 0.1) is 5.92 Å². The summed E-state index contributed by atoms with van der Waals surface area (Å²) in [6.45, 7) is -1.49. The molecule has 0 saturated heterocycles. The molecule has 0 amide bonds. The van der Waals surface area contributed by atoms with Crippen molar-refractivity contribution in [1.29, 1.82) is 0 Å². The lowest BCUT2D eigenvalue weighted by molar-refractivity contribution is -0.253. The molecule has 32 heavy (non-hydrogen) atoms. The molecular weight excluding hydrogens is 464 g/mol. The summed E-state index contributed by atoms with van der Waals surface area (Å²) < 4.78 is 133. The Bertz CT molecular complexity index is 738. The maximum Gasteiger partial charge on any atom is 0.461 e. The van der Waals surface area contributed by atoms with E-state index < -0.39 is 68.2 Å². The summed E-state index contributed by atoms with van der Waals surface area (Å²) in [6.07, 6.45) is -21.8. The number of halogens is 10. The average Bonchev–Trinajstić information content (AvgIpc) is 2.66. The van der Waals surface area contributed by atoms with E-state index in [1.165, 1.54) is 6.07 Å². The van der Waals surface area contributed by atoms with Crippen molar-refractivity contribution in [3.05, 3.63) is 29.8 Å². The van der Waals surface area contributed by atoms with Gasteiger partial charge in [-0.2, -0.15) is 43.9 Å². The molecule has 3 nitrogen and oxygen atoms in total. The van der Waals surface area contributed by atoms with Crippen molar-refractivity contribution < 1.29 is 53.7 Å². The van der Waals surface area contributed by atoms with E-state index in [1.807, 2.05) is 0 Å². The first-order chi connectivity index (χ1) is 14.6. The van der Waals surface area contributed by atoms with Gasteiger partial charge in [-0.05, 0) is 37.0 Å². The monoisotopic (exact) mass is 485 g/mol. The number of benzene rings is 1. The van der Waals surface area contributed by atoms with Crippen LogP contribution in [0.15, 0.2) is 24.3 Å². The Morgan fingerprint density at radius 1 is 1.03 bits per heavy atom. The number of hydrogen-bond acceptors (Lipinski definition) is 3. The van der Waals surface area contributed by atoms with Gasteiger partial charge in [-0.15, -0.1) is 0 Å². The SMILES string of the molecule is OC(CN(Cc1cccc(OC(F)(F)C(F)F)c1)C1CCCC(C(F)(F)F)C1)C(F)(F)F. The molecule has 1 aromatic rings. The zero-order chi connectivity index (χ0) is 24.3. The zero-order valence-electron chi connectivity index (χ0n) is 16.4. The second-order valence-corrected chi connectivity index (χ2v) is 7.66. The van der Waals surface area contributed by atoms with E-state index in [2.05, 4.69) is 4.74 Å². The maximum atomic E-state index is 13.1. The van der Waals surface area contributed by atoms with Crippen LogP contribution in [0.4, 0.5) is 43.9 Å². The molecule has 0 radical (unpaired) electrons. The van der Waals surface area contributed by atoms with Crippen molar-refractivity contribution in [3.63, 3.8) is 0 Å². The van der Waals surface area contributed by atoms with E-state index in [4.69, 9.17) is 0 Å². The fourth-order valence-corrected chi connectivity index (χ4v) is 3.60. The molecule has 0 heterocycles.